The van der Waals surface area contributed by atoms with Gasteiger partial charge in [-0.25, -0.2) is 9.97 Å². The highest BCUT2D eigenvalue weighted by molar-refractivity contribution is 6.30. The van der Waals surface area contributed by atoms with Crippen molar-refractivity contribution in [1.29, 1.82) is 0 Å². The molecule has 12 heavy (non-hydrogen) atoms. The first-order chi connectivity index (χ1) is 5.74. The van der Waals surface area contributed by atoms with Gasteiger partial charge in [-0.15, -0.1) is 0 Å². The maximum atomic E-state index is 5.65. The van der Waals surface area contributed by atoms with Gasteiger partial charge in [-0.3, -0.25) is 0 Å². The summed E-state index contributed by atoms with van der Waals surface area (Å²) in [7, 11) is 1.97. The number of nitrogens with zero attached hydrogens (tertiary/aromatic N) is 3. The summed E-state index contributed by atoms with van der Waals surface area (Å²) in [5.74, 6) is 0.723. The molecular weight excluding hydrogens is 174 g/mol. The summed E-state index contributed by atoms with van der Waals surface area (Å²) in [6, 6.07) is 0. The highest BCUT2D eigenvalue weighted by atomic mass is 35.5. The van der Waals surface area contributed by atoms with E-state index in [9.17, 15) is 0 Å². The van der Waals surface area contributed by atoms with Crippen molar-refractivity contribution < 1.29 is 0 Å². The first kappa shape index (κ1) is 9.26. The van der Waals surface area contributed by atoms with Crippen molar-refractivity contribution in [1.82, 2.24) is 9.97 Å². The Kier molecular flexibility index (Phi) is 3.29. The summed E-state index contributed by atoms with van der Waals surface area (Å²) in [6.45, 7) is 3.08. The van der Waals surface area contributed by atoms with Gasteiger partial charge in [-0.05, 0) is 6.42 Å². The molecule has 1 rings (SSSR count). The van der Waals surface area contributed by atoms with Crippen LogP contribution in [0, 0.1) is 0 Å². The Hall–Kier alpha value is -0.830. The van der Waals surface area contributed by atoms with Crippen LogP contribution in [0.2, 0.25) is 5.02 Å². The maximum Gasteiger partial charge on any atom is 0.225 e. The zero-order valence-electron chi connectivity index (χ0n) is 7.29. The van der Waals surface area contributed by atoms with Crippen LogP contribution >= 0.6 is 11.6 Å². The van der Waals surface area contributed by atoms with E-state index in [4.69, 9.17) is 11.6 Å². The Bertz CT molecular complexity index is 235. The molecule has 0 amide bonds. The molecule has 3 nitrogen and oxygen atoms in total. The van der Waals surface area contributed by atoms with E-state index in [1.54, 1.807) is 12.4 Å². The van der Waals surface area contributed by atoms with Crippen molar-refractivity contribution in [2.75, 3.05) is 18.5 Å². The van der Waals surface area contributed by atoms with E-state index in [1.165, 1.54) is 0 Å². The smallest absolute Gasteiger partial charge is 0.225 e. The van der Waals surface area contributed by atoms with Gasteiger partial charge < -0.3 is 4.90 Å². The lowest BCUT2D eigenvalue weighted by molar-refractivity contribution is 0.819. The molecule has 0 aliphatic rings. The lowest BCUT2D eigenvalue weighted by atomic mass is 10.4. The molecule has 0 bridgehead atoms. The van der Waals surface area contributed by atoms with Crippen LogP contribution < -0.4 is 4.90 Å². The SMILES string of the molecule is CCCN(C)c1ncc(Cl)cn1. The van der Waals surface area contributed by atoms with E-state index in [0.717, 1.165) is 18.9 Å². The van der Waals surface area contributed by atoms with Crippen LogP contribution in [-0.2, 0) is 0 Å². The summed E-state index contributed by atoms with van der Waals surface area (Å²) in [5, 5.41) is 0.573. The minimum absolute atomic E-state index is 0.573. The molecule has 0 saturated heterocycles. The minimum atomic E-state index is 0.573. The summed E-state index contributed by atoms with van der Waals surface area (Å²) in [4.78, 5) is 10.2. The lowest BCUT2D eigenvalue weighted by Crippen LogP contribution is -2.20. The molecule has 0 spiro atoms. The fourth-order valence-corrected chi connectivity index (χ4v) is 1.04. The zero-order valence-corrected chi connectivity index (χ0v) is 8.04. The monoisotopic (exact) mass is 185 g/mol. The van der Waals surface area contributed by atoms with Gasteiger partial charge in [-0.2, -0.15) is 0 Å². The predicted octanol–water partition coefficient (Wildman–Crippen LogP) is 1.98. The summed E-state index contributed by atoms with van der Waals surface area (Å²) >= 11 is 5.65. The molecule has 0 aliphatic carbocycles. The van der Waals surface area contributed by atoms with Gasteiger partial charge in [-0.1, -0.05) is 18.5 Å². The fraction of sp³-hybridized carbons (Fsp3) is 0.500. The number of aromatic nitrogens is 2. The molecule has 0 aliphatic heterocycles. The summed E-state index contributed by atoms with van der Waals surface area (Å²) < 4.78 is 0. The van der Waals surface area contributed by atoms with Gasteiger partial charge in [0.15, 0.2) is 0 Å². The molecule has 4 heteroatoms. The van der Waals surface area contributed by atoms with Gasteiger partial charge >= 0.3 is 0 Å². The molecular formula is C8H12ClN3. The highest BCUT2D eigenvalue weighted by Gasteiger charge is 2.00. The van der Waals surface area contributed by atoms with Crippen LogP contribution in [0.3, 0.4) is 0 Å². The number of rotatable bonds is 3. The fourth-order valence-electron chi connectivity index (χ4n) is 0.938. The van der Waals surface area contributed by atoms with Crippen molar-refractivity contribution in [3.63, 3.8) is 0 Å². The van der Waals surface area contributed by atoms with Gasteiger partial charge in [0.05, 0.1) is 17.4 Å². The normalized spacial score (nSPS) is 9.92. The zero-order chi connectivity index (χ0) is 8.97. The first-order valence-electron chi connectivity index (χ1n) is 3.92. The summed E-state index contributed by atoms with van der Waals surface area (Å²) in [5.41, 5.74) is 0. The third kappa shape index (κ3) is 2.34. The molecule has 0 atom stereocenters. The number of anilines is 1. The number of hydrogen-bond donors (Lipinski definition) is 0. The Morgan fingerprint density at radius 1 is 1.42 bits per heavy atom. The van der Waals surface area contributed by atoms with Crippen molar-refractivity contribution in [2.24, 2.45) is 0 Å². The van der Waals surface area contributed by atoms with Crippen molar-refractivity contribution >= 4 is 17.5 Å². The van der Waals surface area contributed by atoms with Crippen molar-refractivity contribution in [2.45, 2.75) is 13.3 Å². The van der Waals surface area contributed by atoms with Gasteiger partial charge in [0.2, 0.25) is 5.95 Å². The summed E-state index contributed by atoms with van der Waals surface area (Å²) in [6.07, 6.45) is 4.30. The standard InChI is InChI=1S/C8H12ClN3/c1-3-4-12(2)8-10-5-7(9)6-11-8/h5-6H,3-4H2,1-2H3. The minimum Gasteiger partial charge on any atom is -0.344 e. The number of halogens is 1. The quantitative estimate of drug-likeness (QED) is 0.721. The van der Waals surface area contributed by atoms with Crippen LogP contribution in [0.4, 0.5) is 5.95 Å². The van der Waals surface area contributed by atoms with Crippen molar-refractivity contribution in [3.8, 4) is 0 Å². The van der Waals surface area contributed by atoms with Crippen LogP contribution in [0.15, 0.2) is 12.4 Å². The van der Waals surface area contributed by atoms with E-state index < -0.39 is 0 Å². The first-order valence-corrected chi connectivity index (χ1v) is 4.30. The predicted molar refractivity (Wildman–Crippen MR) is 50.6 cm³/mol. The van der Waals surface area contributed by atoms with Crippen molar-refractivity contribution in [3.05, 3.63) is 17.4 Å². The Morgan fingerprint density at radius 2 is 2.00 bits per heavy atom. The van der Waals surface area contributed by atoms with E-state index in [-0.39, 0.29) is 0 Å². The van der Waals surface area contributed by atoms with Gasteiger partial charge in [0, 0.05) is 13.6 Å². The van der Waals surface area contributed by atoms with E-state index in [1.807, 2.05) is 11.9 Å². The Balaban J connectivity index is 2.68. The second-order valence-corrected chi connectivity index (χ2v) is 3.06. The molecule has 0 aromatic carbocycles. The molecule has 1 heterocycles. The van der Waals surface area contributed by atoms with Crippen LogP contribution in [0.1, 0.15) is 13.3 Å². The molecule has 1 aromatic rings. The average Bonchev–Trinajstić information content (AvgIpc) is 2.06. The van der Waals surface area contributed by atoms with Crippen LogP contribution in [-0.4, -0.2) is 23.6 Å². The number of hydrogen-bond acceptors (Lipinski definition) is 3. The molecule has 0 radical (unpaired) electrons. The highest BCUT2D eigenvalue weighted by Crippen LogP contribution is 2.08. The van der Waals surface area contributed by atoms with E-state index in [0.29, 0.717) is 5.02 Å². The third-order valence-electron chi connectivity index (χ3n) is 1.51. The maximum absolute atomic E-state index is 5.65. The lowest BCUT2D eigenvalue weighted by Gasteiger charge is -2.14. The Morgan fingerprint density at radius 3 is 2.50 bits per heavy atom. The largest absolute Gasteiger partial charge is 0.344 e. The molecule has 0 fully saturated rings. The second-order valence-electron chi connectivity index (χ2n) is 2.62. The topological polar surface area (TPSA) is 29.0 Å². The van der Waals surface area contributed by atoms with E-state index >= 15 is 0 Å². The van der Waals surface area contributed by atoms with Crippen LogP contribution in [0.5, 0.6) is 0 Å². The molecule has 0 N–H and O–H groups in total. The third-order valence-corrected chi connectivity index (χ3v) is 1.70. The average molecular weight is 186 g/mol. The van der Waals surface area contributed by atoms with E-state index in [2.05, 4.69) is 16.9 Å². The van der Waals surface area contributed by atoms with Gasteiger partial charge in [0.1, 0.15) is 0 Å². The Labute approximate surface area is 77.4 Å². The molecule has 1 aromatic heterocycles. The second kappa shape index (κ2) is 4.26. The molecule has 0 saturated carbocycles. The molecule has 0 unspecified atom stereocenters. The van der Waals surface area contributed by atoms with Crippen LogP contribution in [0.25, 0.3) is 0 Å². The molecule has 66 valence electrons. The van der Waals surface area contributed by atoms with Gasteiger partial charge in [0.25, 0.3) is 0 Å².